The highest BCUT2D eigenvalue weighted by Gasteiger charge is 2.19. The maximum atomic E-state index is 6.73. The fraction of sp³-hybridized carbons (Fsp3) is 0. The molecule has 0 radical (unpaired) electrons. The summed E-state index contributed by atoms with van der Waals surface area (Å²) in [6.45, 7) is 0. The molecule has 0 N–H and O–H groups in total. The Morgan fingerprint density at radius 3 is 1.56 bits per heavy atom. The van der Waals surface area contributed by atoms with Crippen LogP contribution in [0.15, 0.2) is 223 Å². The number of benzene rings is 9. The zero-order chi connectivity index (χ0) is 41.0. The lowest BCUT2D eigenvalue weighted by atomic mass is 9.93. The molecule has 0 atom stereocenters. The average Bonchev–Trinajstić information content (AvgIpc) is 3.93. The van der Waals surface area contributed by atoms with Crippen LogP contribution in [0.5, 0.6) is 0 Å². The second kappa shape index (κ2) is 15.0. The van der Waals surface area contributed by atoms with Gasteiger partial charge >= 0.3 is 0 Å². The van der Waals surface area contributed by atoms with Gasteiger partial charge in [0.1, 0.15) is 11.2 Å². The van der Waals surface area contributed by atoms with Crippen LogP contribution < -0.4 is 0 Å². The minimum atomic E-state index is 0.685. The fourth-order valence-corrected chi connectivity index (χ4v) is 9.98. The molecule has 0 aliphatic carbocycles. The number of furan rings is 1. The van der Waals surface area contributed by atoms with Gasteiger partial charge in [-0.15, -0.1) is 11.3 Å². The summed E-state index contributed by atoms with van der Waals surface area (Å²) in [5.41, 5.74) is 15.6. The predicted octanol–water partition coefficient (Wildman–Crippen LogP) is 16.4. The van der Waals surface area contributed by atoms with E-state index in [9.17, 15) is 0 Å². The summed E-state index contributed by atoms with van der Waals surface area (Å²) >= 11 is 1.84. The van der Waals surface area contributed by atoms with E-state index in [1.807, 2.05) is 35.6 Å². The van der Waals surface area contributed by atoms with Crippen molar-refractivity contribution in [2.75, 3.05) is 0 Å². The summed E-state index contributed by atoms with van der Waals surface area (Å²) in [5.74, 6) is 0.685. The van der Waals surface area contributed by atoms with Crippen molar-refractivity contribution in [3.63, 3.8) is 0 Å². The van der Waals surface area contributed by atoms with E-state index < -0.39 is 0 Å². The van der Waals surface area contributed by atoms with Gasteiger partial charge < -0.3 is 4.42 Å². The monoisotopic (exact) mass is 808 g/mol. The Labute approximate surface area is 362 Å². The molecule has 3 heterocycles. The first-order chi connectivity index (χ1) is 30.7. The molecule has 12 aromatic rings. The van der Waals surface area contributed by atoms with Crippen LogP contribution >= 0.6 is 11.3 Å². The average molecular weight is 809 g/mol. The van der Waals surface area contributed by atoms with Crippen LogP contribution in [0.3, 0.4) is 0 Å². The number of fused-ring (bicyclic) bond motifs is 6. The molecule has 290 valence electrons. The van der Waals surface area contributed by atoms with Gasteiger partial charge in [-0.1, -0.05) is 170 Å². The summed E-state index contributed by atoms with van der Waals surface area (Å²) in [6, 6.07) is 77.4. The number of aromatic nitrogens is 2. The van der Waals surface area contributed by atoms with Crippen LogP contribution in [0, 0.1) is 0 Å². The standard InChI is InChI=1S/C58H36N2OS/c1-4-14-37(15-5-1)43-32-44(38-16-6-2-7-17-38)34-45(33-43)52-36-51(59-58(60-52)41-18-8-3-9-19-41)40-26-24-39(25-27-40)46-30-31-47(57-56(46)50-21-10-12-22-53(50)61-57)42-28-29-49-48-20-11-13-23-54(48)62-55(49)35-42/h1-36H. The van der Waals surface area contributed by atoms with Crippen molar-refractivity contribution in [1.29, 1.82) is 0 Å². The Balaban J connectivity index is 0.978. The number of thiophene rings is 1. The van der Waals surface area contributed by atoms with E-state index in [-0.39, 0.29) is 0 Å². The van der Waals surface area contributed by atoms with Crippen LogP contribution in [-0.2, 0) is 0 Å². The van der Waals surface area contributed by atoms with Crippen LogP contribution in [0.2, 0.25) is 0 Å². The molecule has 9 aromatic carbocycles. The molecule has 3 aromatic heterocycles. The van der Waals surface area contributed by atoms with Gasteiger partial charge in [0.15, 0.2) is 5.82 Å². The van der Waals surface area contributed by atoms with Crippen LogP contribution in [0.25, 0.3) is 121 Å². The van der Waals surface area contributed by atoms with Gasteiger partial charge in [-0.2, -0.15) is 0 Å². The first-order valence-electron chi connectivity index (χ1n) is 20.9. The number of rotatable bonds is 7. The van der Waals surface area contributed by atoms with Crippen LogP contribution in [0.1, 0.15) is 0 Å². The molecule has 0 saturated carbocycles. The van der Waals surface area contributed by atoms with Crippen molar-refractivity contribution in [1.82, 2.24) is 9.97 Å². The van der Waals surface area contributed by atoms with Crippen molar-refractivity contribution in [2.45, 2.75) is 0 Å². The van der Waals surface area contributed by atoms with Crippen molar-refractivity contribution in [2.24, 2.45) is 0 Å². The fourth-order valence-electron chi connectivity index (χ4n) is 8.84. The molecule has 0 aliphatic rings. The van der Waals surface area contributed by atoms with Crippen molar-refractivity contribution >= 4 is 53.4 Å². The predicted molar refractivity (Wildman–Crippen MR) is 260 cm³/mol. The van der Waals surface area contributed by atoms with E-state index in [1.54, 1.807) is 0 Å². The summed E-state index contributed by atoms with van der Waals surface area (Å²) in [6.07, 6.45) is 0. The van der Waals surface area contributed by atoms with Gasteiger partial charge in [-0.05, 0) is 87.5 Å². The molecule has 0 amide bonds. The van der Waals surface area contributed by atoms with E-state index in [1.165, 1.54) is 20.2 Å². The Morgan fingerprint density at radius 2 is 0.855 bits per heavy atom. The maximum absolute atomic E-state index is 6.73. The quantitative estimate of drug-likeness (QED) is 0.161. The highest BCUT2D eigenvalue weighted by molar-refractivity contribution is 7.25. The van der Waals surface area contributed by atoms with E-state index in [0.717, 1.165) is 94.5 Å². The number of hydrogen-bond donors (Lipinski definition) is 0. The number of para-hydroxylation sites is 1. The summed E-state index contributed by atoms with van der Waals surface area (Å²) in [4.78, 5) is 10.4. The van der Waals surface area contributed by atoms with Gasteiger partial charge in [0.25, 0.3) is 0 Å². The molecular weight excluding hydrogens is 773 g/mol. The molecule has 4 heteroatoms. The molecular formula is C58H36N2OS. The van der Waals surface area contributed by atoms with Gasteiger partial charge in [-0.25, -0.2) is 9.97 Å². The van der Waals surface area contributed by atoms with Crippen LogP contribution in [0.4, 0.5) is 0 Å². The number of nitrogens with zero attached hydrogens (tertiary/aromatic N) is 2. The summed E-state index contributed by atoms with van der Waals surface area (Å²) in [5, 5.41) is 4.81. The Morgan fingerprint density at radius 1 is 0.323 bits per heavy atom. The SMILES string of the molecule is c1ccc(-c2cc(-c3ccccc3)cc(-c3cc(-c4ccc(-c5ccc(-c6ccc7c(c6)sc6ccccc67)c6oc7ccccc7c56)cc4)nc(-c4ccccc4)n3)c2)cc1. The zero-order valence-electron chi connectivity index (χ0n) is 33.5. The Hall–Kier alpha value is -7.92. The minimum Gasteiger partial charge on any atom is -0.455 e. The van der Waals surface area contributed by atoms with Gasteiger partial charge in [-0.3, -0.25) is 0 Å². The van der Waals surface area contributed by atoms with E-state index in [4.69, 9.17) is 14.4 Å². The third kappa shape index (κ3) is 6.37. The maximum Gasteiger partial charge on any atom is 0.160 e. The molecule has 0 bridgehead atoms. The first-order valence-corrected chi connectivity index (χ1v) is 21.7. The Kier molecular flexibility index (Phi) is 8.68. The lowest BCUT2D eigenvalue weighted by Crippen LogP contribution is -1.96. The molecule has 62 heavy (non-hydrogen) atoms. The topological polar surface area (TPSA) is 38.9 Å². The second-order valence-corrected chi connectivity index (χ2v) is 16.8. The lowest BCUT2D eigenvalue weighted by molar-refractivity contribution is 0.670. The van der Waals surface area contributed by atoms with E-state index in [0.29, 0.717) is 5.82 Å². The smallest absolute Gasteiger partial charge is 0.160 e. The van der Waals surface area contributed by atoms with Gasteiger partial charge in [0.05, 0.1) is 11.4 Å². The molecule has 3 nitrogen and oxygen atoms in total. The highest BCUT2D eigenvalue weighted by atomic mass is 32.1. The first kappa shape index (κ1) is 36.0. The lowest BCUT2D eigenvalue weighted by Gasteiger charge is -2.13. The largest absolute Gasteiger partial charge is 0.455 e. The highest BCUT2D eigenvalue weighted by Crippen LogP contribution is 2.44. The molecule has 0 aliphatic heterocycles. The minimum absolute atomic E-state index is 0.685. The summed E-state index contributed by atoms with van der Waals surface area (Å²) < 4.78 is 9.31. The molecule has 0 unspecified atom stereocenters. The normalized spacial score (nSPS) is 11.5. The van der Waals surface area contributed by atoms with Crippen molar-refractivity contribution in [3.05, 3.63) is 218 Å². The Bertz CT molecular complexity index is 3550. The molecule has 0 fully saturated rings. The van der Waals surface area contributed by atoms with Gasteiger partial charge in [0, 0.05) is 53.2 Å². The van der Waals surface area contributed by atoms with Gasteiger partial charge in [0.2, 0.25) is 0 Å². The molecule has 0 saturated heterocycles. The number of hydrogen-bond acceptors (Lipinski definition) is 4. The van der Waals surface area contributed by atoms with E-state index >= 15 is 0 Å². The third-order valence-corrected chi connectivity index (χ3v) is 13.0. The van der Waals surface area contributed by atoms with E-state index in [2.05, 4.69) is 194 Å². The molecule has 12 rings (SSSR count). The van der Waals surface area contributed by atoms with Crippen LogP contribution in [-0.4, -0.2) is 9.97 Å². The van der Waals surface area contributed by atoms with Crippen molar-refractivity contribution in [3.8, 4) is 78.4 Å². The second-order valence-electron chi connectivity index (χ2n) is 15.7. The summed E-state index contributed by atoms with van der Waals surface area (Å²) in [7, 11) is 0. The molecule has 0 spiro atoms. The zero-order valence-corrected chi connectivity index (χ0v) is 34.3. The van der Waals surface area contributed by atoms with Crippen molar-refractivity contribution < 1.29 is 4.42 Å². The third-order valence-electron chi connectivity index (χ3n) is 11.9.